The second-order valence-electron chi connectivity index (χ2n) is 5.83. The van der Waals surface area contributed by atoms with E-state index in [0.717, 1.165) is 4.88 Å². The number of carbonyl (C=O) groups excluding carboxylic acids is 1. The number of non-ortho nitro benzene ring substituents is 1. The van der Waals surface area contributed by atoms with Crippen LogP contribution in [-0.4, -0.2) is 54.6 Å². The van der Waals surface area contributed by atoms with E-state index in [1.807, 2.05) is 17.5 Å². The van der Waals surface area contributed by atoms with Crippen molar-refractivity contribution in [2.75, 3.05) is 26.2 Å². The molecule has 0 atom stereocenters. The Hall–Kier alpha value is -2.56. The first kappa shape index (κ1) is 19.2. The van der Waals surface area contributed by atoms with Crippen LogP contribution in [0.4, 0.5) is 5.69 Å². The molecule has 0 saturated carbocycles. The Bertz CT molecular complexity index is 945. The maximum Gasteiger partial charge on any atom is 0.269 e. The van der Waals surface area contributed by atoms with Gasteiger partial charge in [-0.2, -0.15) is 4.31 Å². The normalized spacial score (nSPS) is 15.9. The minimum atomic E-state index is -3.74. The molecule has 27 heavy (non-hydrogen) atoms. The number of sulfonamides is 1. The van der Waals surface area contributed by atoms with E-state index in [2.05, 4.69) is 0 Å². The van der Waals surface area contributed by atoms with E-state index in [-0.39, 0.29) is 29.6 Å². The van der Waals surface area contributed by atoms with Gasteiger partial charge in [-0.05, 0) is 29.7 Å². The fraction of sp³-hybridized carbons (Fsp3) is 0.235. The van der Waals surface area contributed by atoms with Crippen LogP contribution in [0.25, 0.3) is 6.08 Å². The van der Waals surface area contributed by atoms with Crippen molar-refractivity contribution in [2.24, 2.45) is 0 Å². The fourth-order valence-corrected chi connectivity index (χ4v) is 4.72. The zero-order valence-corrected chi connectivity index (χ0v) is 15.9. The molecule has 0 radical (unpaired) electrons. The standard InChI is InChI=1S/C17H17N3O5S2/c21-17(8-5-15-2-1-13-26-15)18-9-11-19(12-10-18)27(24,25)16-6-3-14(4-7-16)20(22)23/h1-8,13H,9-12H2. The Kier molecular flexibility index (Phi) is 5.68. The van der Waals surface area contributed by atoms with Gasteiger partial charge in [-0.3, -0.25) is 14.9 Å². The summed E-state index contributed by atoms with van der Waals surface area (Å²) in [5.74, 6) is -0.157. The van der Waals surface area contributed by atoms with Crippen LogP contribution in [0.1, 0.15) is 4.88 Å². The van der Waals surface area contributed by atoms with Crippen LogP contribution in [0.2, 0.25) is 0 Å². The summed E-state index contributed by atoms with van der Waals surface area (Å²) in [6.45, 7) is 0.940. The van der Waals surface area contributed by atoms with E-state index in [9.17, 15) is 23.3 Å². The number of nitro benzene ring substituents is 1. The number of rotatable bonds is 5. The summed E-state index contributed by atoms with van der Waals surface area (Å²) >= 11 is 1.53. The number of thiophene rings is 1. The molecule has 3 rings (SSSR count). The smallest absolute Gasteiger partial charge is 0.269 e. The highest BCUT2D eigenvalue weighted by Gasteiger charge is 2.29. The third-order valence-electron chi connectivity index (χ3n) is 4.17. The minimum Gasteiger partial charge on any atom is -0.337 e. The van der Waals surface area contributed by atoms with Gasteiger partial charge in [0.1, 0.15) is 0 Å². The number of nitrogens with zero attached hydrogens (tertiary/aromatic N) is 3. The molecule has 1 saturated heterocycles. The van der Waals surface area contributed by atoms with Gasteiger partial charge in [0.2, 0.25) is 15.9 Å². The highest BCUT2D eigenvalue weighted by molar-refractivity contribution is 7.89. The summed E-state index contributed by atoms with van der Waals surface area (Å²) in [6, 6.07) is 8.60. The summed E-state index contributed by atoms with van der Waals surface area (Å²) in [7, 11) is -3.74. The van der Waals surface area contributed by atoms with E-state index in [0.29, 0.717) is 13.1 Å². The highest BCUT2D eigenvalue weighted by Crippen LogP contribution is 2.21. The van der Waals surface area contributed by atoms with Gasteiger partial charge in [-0.25, -0.2) is 8.42 Å². The lowest BCUT2D eigenvalue weighted by Crippen LogP contribution is -2.50. The molecule has 1 aromatic heterocycles. The zero-order chi connectivity index (χ0) is 19.4. The summed E-state index contributed by atoms with van der Waals surface area (Å²) in [6.07, 6.45) is 3.24. The van der Waals surface area contributed by atoms with Crippen LogP contribution >= 0.6 is 11.3 Å². The van der Waals surface area contributed by atoms with E-state index in [1.54, 1.807) is 11.0 Å². The van der Waals surface area contributed by atoms with E-state index < -0.39 is 14.9 Å². The number of nitro groups is 1. The van der Waals surface area contributed by atoms with Crippen molar-refractivity contribution in [2.45, 2.75) is 4.90 Å². The van der Waals surface area contributed by atoms with Crippen LogP contribution in [0.5, 0.6) is 0 Å². The Morgan fingerprint density at radius 3 is 2.33 bits per heavy atom. The van der Waals surface area contributed by atoms with Crippen LogP contribution in [0.3, 0.4) is 0 Å². The molecule has 1 fully saturated rings. The molecule has 1 aliphatic rings. The van der Waals surface area contributed by atoms with Crippen molar-refractivity contribution in [3.63, 3.8) is 0 Å². The average Bonchev–Trinajstić information content (AvgIpc) is 3.20. The number of hydrogen-bond acceptors (Lipinski definition) is 6. The van der Waals surface area contributed by atoms with Crippen molar-refractivity contribution < 1.29 is 18.1 Å². The van der Waals surface area contributed by atoms with Gasteiger partial charge in [0, 0.05) is 49.3 Å². The SMILES string of the molecule is O=C(C=Cc1cccs1)N1CCN(S(=O)(=O)c2ccc([N+](=O)[O-])cc2)CC1. The van der Waals surface area contributed by atoms with Gasteiger partial charge >= 0.3 is 0 Å². The van der Waals surface area contributed by atoms with Gasteiger partial charge in [0.25, 0.3) is 5.69 Å². The molecule has 0 bridgehead atoms. The number of hydrogen-bond donors (Lipinski definition) is 0. The van der Waals surface area contributed by atoms with Crippen LogP contribution in [0, 0.1) is 10.1 Å². The van der Waals surface area contributed by atoms with E-state index >= 15 is 0 Å². The van der Waals surface area contributed by atoms with Gasteiger partial charge in [-0.1, -0.05) is 6.07 Å². The Morgan fingerprint density at radius 2 is 1.78 bits per heavy atom. The van der Waals surface area contributed by atoms with Crippen LogP contribution in [0.15, 0.2) is 52.7 Å². The molecular formula is C17H17N3O5S2. The predicted octanol–water partition coefficient (Wildman–Crippen LogP) is 2.20. The lowest BCUT2D eigenvalue weighted by molar-refractivity contribution is -0.384. The average molecular weight is 407 g/mol. The van der Waals surface area contributed by atoms with Crippen molar-refractivity contribution in [3.8, 4) is 0 Å². The Morgan fingerprint density at radius 1 is 1.11 bits per heavy atom. The molecule has 0 spiro atoms. The molecular weight excluding hydrogens is 390 g/mol. The zero-order valence-electron chi connectivity index (χ0n) is 14.2. The van der Waals surface area contributed by atoms with Crippen LogP contribution in [-0.2, 0) is 14.8 Å². The maximum absolute atomic E-state index is 12.7. The van der Waals surface area contributed by atoms with Gasteiger partial charge in [0.05, 0.1) is 9.82 Å². The Balaban J connectivity index is 1.62. The molecule has 1 aliphatic heterocycles. The molecule has 2 heterocycles. The number of benzene rings is 1. The van der Waals surface area contributed by atoms with Gasteiger partial charge in [-0.15, -0.1) is 11.3 Å². The van der Waals surface area contributed by atoms with Crippen molar-refractivity contribution in [1.29, 1.82) is 0 Å². The molecule has 2 aromatic rings. The summed E-state index contributed by atoms with van der Waals surface area (Å²) in [4.78, 5) is 24.9. The topological polar surface area (TPSA) is 101 Å². The fourth-order valence-electron chi connectivity index (χ4n) is 2.68. The summed E-state index contributed by atoms with van der Waals surface area (Å²) in [5.41, 5.74) is -0.165. The number of carbonyl (C=O) groups is 1. The lowest BCUT2D eigenvalue weighted by atomic mass is 10.3. The third kappa shape index (κ3) is 4.41. The Labute approximate surface area is 160 Å². The summed E-state index contributed by atoms with van der Waals surface area (Å²) in [5, 5.41) is 12.6. The van der Waals surface area contributed by atoms with E-state index in [4.69, 9.17) is 0 Å². The molecule has 0 unspecified atom stereocenters. The molecule has 10 heteroatoms. The molecule has 8 nitrogen and oxygen atoms in total. The maximum atomic E-state index is 12.7. The van der Waals surface area contributed by atoms with Crippen LogP contribution < -0.4 is 0 Å². The number of piperazine rings is 1. The lowest BCUT2D eigenvalue weighted by Gasteiger charge is -2.33. The quantitative estimate of drug-likeness (QED) is 0.430. The van der Waals surface area contributed by atoms with Crippen molar-refractivity contribution in [1.82, 2.24) is 9.21 Å². The second kappa shape index (κ2) is 7.99. The minimum absolute atomic E-state index is 0.00506. The molecule has 1 amide bonds. The molecule has 142 valence electrons. The van der Waals surface area contributed by atoms with E-state index in [1.165, 1.54) is 46.0 Å². The van der Waals surface area contributed by atoms with Gasteiger partial charge in [0.15, 0.2) is 0 Å². The molecule has 0 aliphatic carbocycles. The molecule has 0 N–H and O–H groups in total. The highest BCUT2D eigenvalue weighted by atomic mass is 32.2. The van der Waals surface area contributed by atoms with Crippen molar-refractivity contribution in [3.05, 3.63) is 62.8 Å². The largest absolute Gasteiger partial charge is 0.337 e. The van der Waals surface area contributed by atoms with Gasteiger partial charge < -0.3 is 4.90 Å². The number of amides is 1. The predicted molar refractivity (Wildman–Crippen MR) is 102 cm³/mol. The first-order chi connectivity index (χ1) is 12.9. The first-order valence-corrected chi connectivity index (χ1v) is 10.4. The van der Waals surface area contributed by atoms with Crippen molar-refractivity contribution >= 4 is 39.0 Å². The first-order valence-electron chi connectivity index (χ1n) is 8.13. The monoisotopic (exact) mass is 407 g/mol. The molecule has 1 aromatic carbocycles. The third-order valence-corrected chi connectivity index (χ3v) is 6.92. The second-order valence-corrected chi connectivity index (χ2v) is 8.75. The summed E-state index contributed by atoms with van der Waals surface area (Å²) < 4.78 is 26.6.